The van der Waals surface area contributed by atoms with Crippen LogP contribution in [0.5, 0.6) is 0 Å². The van der Waals surface area contributed by atoms with Crippen molar-refractivity contribution >= 4 is 17.0 Å². The van der Waals surface area contributed by atoms with Gasteiger partial charge in [-0.3, -0.25) is 0 Å². The minimum atomic E-state index is -0.379. The molecule has 0 aliphatic carbocycles. The summed E-state index contributed by atoms with van der Waals surface area (Å²) in [6, 6.07) is 7.39. The van der Waals surface area contributed by atoms with Crippen molar-refractivity contribution in [1.29, 1.82) is 0 Å². The van der Waals surface area contributed by atoms with Crippen LogP contribution in [0, 0.1) is 0 Å². The fourth-order valence-corrected chi connectivity index (χ4v) is 1.61. The van der Waals surface area contributed by atoms with E-state index >= 15 is 0 Å². The predicted molar refractivity (Wildman–Crippen MR) is 62.3 cm³/mol. The van der Waals surface area contributed by atoms with Gasteiger partial charge in [0.25, 0.3) is 0 Å². The van der Waals surface area contributed by atoms with E-state index in [-0.39, 0.29) is 19.3 Å². The molecule has 1 aromatic carbocycles. The van der Waals surface area contributed by atoms with E-state index in [1.54, 1.807) is 0 Å². The minimum Gasteiger partial charge on any atom is -0.394 e. The molecule has 16 heavy (non-hydrogen) atoms. The predicted octanol–water partition coefficient (Wildman–Crippen LogP) is 0.338. The van der Waals surface area contributed by atoms with Crippen LogP contribution in [0.3, 0.4) is 0 Å². The molecule has 0 amide bonds. The summed E-state index contributed by atoms with van der Waals surface area (Å²) in [5.41, 5.74) is 1.90. The molecule has 0 atom stereocenters. The first kappa shape index (κ1) is 10.9. The van der Waals surface area contributed by atoms with Crippen LogP contribution in [0.15, 0.2) is 24.3 Å². The van der Waals surface area contributed by atoms with Gasteiger partial charge in [-0.25, -0.2) is 4.98 Å². The lowest BCUT2D eigenvalue weighted by atomic mass is 10.3. The number of nitrogens with one attached hydrogen (secondary N) is 1. The summed E-state index contributed by atoms with van der Waals surface area (Å²) in [6.07, 6.45) is 0. The number of nitrogens with zero attached hydrogens (tertiary/aromatic N) is 2. The highest BCUT2D eigenvalue weighted by molar-refractivity contribution is 5.78. The largest absolute Gasteiger partial charge is 0.394 e. The normalized spacial score (nSPS) is 11.2. The van der Waals surface area contributed by atoms with Gasteiger partial charge in [-0.1, -0.05) is 12.1 Å². The highest BCUT2D eigenvalue weighted by Gasteiger charge is 2.11. The van der Waals surface area contributed by atoms with Gasteiger partial charge in [0.1, 0.15) is 0 Å². The zero-order chi connectivity index (χ0) is 11.5. The molecule has 1 heterocycles. The number of aliphatic hydroxyl groups excluding tert-OH is 2. The van der Waals surface area contributed by atoms with Crippen LogP contribution in [-0.2, 0) is 7.05 Å². The quantitative estimate of drug-likeness (QED) is 0.696. The van der Waals surface area contributed by atoms with Crippen LogP contribution in [0.4, 0.5) is 5.95 Å². The number of hydrogen-bond acceptors (Lipinski definition) is 4. The Morgan fingerprint density at radius 3 is 2.62 bits per heavy atom. The molecule has 5 nitrogen and oxygen atoms in total. The number of rotatable bonds is 4. The lowest BCUT2D eigenvalue weighted by Crippen LogP contribution is -2.29. The highest BCUT2D eigenvalue weighted by atomic mass is 16.3. The molecule has 0 fully saturated rings. The molecule has 2 aromatic rings. The zero-order valence-corrected chi connectivity index (χ0v) is 9.09. The Morgan fingerprint density at radius 2 is 2.00 bits per heavy atom. The Kier molecular flexibility index (Phi) is 3.07. The number of aromatic nitrogens is 2. The maximum absolute atomic E-state index is 8.99. The third kappa shape index (κ3) is 1.87. The first-order valence-corrected chi connectivity index (χ1v) is 5.16. The lowest BCUT2D eigenvalue weighted by molar-refractivity contribution is 0.203. The van der Waals surface area contributed by atoms with E-state index in [4.69, 9.17) is 10.2 Å². The summed E-state index contributed by atoms with van der Waals surface area (Å²) < 4.78 is 1.90. The molecule has 0 saturated carbocycles. The minimum absolute atomic E-state index is 0.125. The summed E-state index contributed by atoms with van der Waals surface area (Å²) in [5.74, 6) is 0.648. The van der Waals surface area contributed by atoms with E-state index in [9.17, 15) is 0 Å². The molecule has 2 rings (SSSR count). The topological polar surface area (TPSA) is 70.3 Å². The molecule has 0 aliphatic rings. The molecular weight excluding hydrogens is 206 g/mol. The smallest absolute Gasteiger partial charge is 0.203 e. The van der Waals surface area contributed by atoms with Crippen molar-refractivity contribution in [2.45, 2.75) is 6.04 Å². The summed E-state index contributed by atoms with van der Waals surface area (Å²) >= 11 is 0. The van der Waals surface area contributed by atoms with E-state index in [1.807, 2.05) is 35.9 Å². The Balaban J connectivity index is 2.34. The molecule has 0 unspecified atom stereocenters. The van der Waals surface area contributed by atoms with Gasteiger partial charge in [0.2, 0.25) is 5.95 Å². The molecule has 86 valence electrons. The molecule has 0 saturated heterocycles. The first-order chi connectivity index (χ1) is 7.76. The van der Waals surface area contributed by atoms with E-state index in [0.717, 1.165) is 11.0 Å². The van der Waals surface area contributed by atoms with Gasteiger partial charge in [-0.15, -0.1) is 0 Å². The van der Waals surface area contributed by atoms with Crippen molar-refractivity contribution in [3.05, 3.63) is 24.3 Å². The molecule has 1 aromatic heterocycles. The van der Waals surface area contributed by atoms with Crippen molar-refractivity contribution in [3.63, 3.8) is 0 Å². The molecule has 0 spiro atoms. The second kappa shape index (κ2) is 4.51. The van der Waals surface area contributed by atoms with E-state index in [0.29, 0.717) is 5.95 Å². The maximum atomic E-state index is 8.99. The van der Waals surface area contributed by atoms with Gasteiger partial charge in [0.15, 0.2) is 0 Å². The summed E-state index contributed by atoms with van der Waals surface area (Å²) in [6.45, 7) is -0.251. The van der Waals surface area contributed by atoms with Crippen LogP contribution in [0.25, 0.3) is 11.0 Å². The van der Waals surface area contributed by atoms with Crippen molar-refractivity contribution in [2.75, 3.05) is 18.5 Å². The first-order valence-electron chi connectivity index (χ1n) is 5.16. The second-order valence-electron chi connectivity index (χ2n) is 3.69. The van der Waals surface area contributed by atoms with Crippen molar-refractivity contribution < 1.29 is 10.2 Å². The number of hydrogen-bond donors (Lipinski definition) is 3. The third-order valence-corrected chi connectivity index (χ3v) is 2.56. The number of benzene rings is 1. The lowest BCUT2D eigenvalue weighted by Gasteiger charge is -2.13. The number of anilines is 1. The summed E-state index contributed by atoms with van der Waals surface area (Å²) in [7, 11) is 1.89. The monoisotopic (exact) mass is 221 g/mol. The molecule has 0 radical (unpaired) electrons. The summed E-state index contributed by atoms with van der Waals surface area (Å²) in [5, 5.41) is 21.0. The Morgan fingerprint density at radius 1 is 1.31 bits per heavy atom. The summed E-state index contributed by atoms with van der Waals surface area (Å²) in [4.78, 5) is 4.38. The number of para-hydroxylation sites is 2. The standard InChI is InChI=1S/C11H15N3O2/c1-14-10-5-3-2-4-9(10)13-11(14)12-8(6-15)7-16/h2-5,8,15-16H,6-7H2,1H3,(H,12,13). The third-order valence-electron chi connectivity index (χ3n) is 2.56. The van der Waals surface area contributed by atoms with Gasteiger partial charge < -0.3 is 20.1 Å². The van der Waals surface area contributed by atoms with Crippen LogP contribution in [-0.4, -0.2) is 39.0 Å². The average molecular weight is 221 g/mol. The van der Waals surface area contributed by atoms with Crippen LogP contribution in [0.2, 0.25) is 0 Å². The highest BCUT2D eigenvalue weighted by Crippen LogP contribution is 2.17. The molecule has 0 aliphatic heterocycles. The fourth-order valence-electron chi connectivity index (χ4n) is 1.61. The number of fused-ring (bicyclic) bond motifs is 1. The van der Waals surface area contributed by atoms with Crippen molar-refractivity contribution in [2.24, 2.45) is 7.05 Å². The number of imidazole rings is 1. The van der Waals surface area contributed by atoms with Crippen LogP contribution >= 0.6 is 0 Å². The van der Waals surface area contributed by atoms with E-state index < -0.39 is 0 Å². The van der Waals surface area contributed by atoms with Gasteiger partial charge in [-0.2, -0.15) is 0 Å². The fraction of sp³-hybridized carbons (Fsp3) is 0.364. The SMILES string of the molecule is Cn1c(NC(CO)CO)nc2ccccc21. The molecule has 0 bridgehead atoms. The zero-order valence-electron chi connectivity index (χ0n) is 9.09. The number of aliphatic hydroxyl groups is 2. The average Bonchev–Trinajstić information content (AvgIpc) is 2.64. The Bertz CT molecular complexity index is 477. The van der Waals surface area contributed by atoms with E-state index in [1.165, 1.54) is 0 Å². The second-order valence-corrected chi connectivity index (χ2v) is 3.69. The van der Waals surface area contributed by atoms with Gasteiger partial charge in [-0.05, 0) is 12.1 Å². The van der Waals surface area contributed by atoms with Crippen LogP contribution in [0.1, 0.15) is 0 Å². The maximum Gasteiger partial charge on any atom is 0.203 e. The van der Waals surface area contributed by atoms with E-state index in [2.05, 4.69) is 10.3 Å². The van der Waals surface area contributed by atoms with Crippen molar-refractivity contribution in [3.8, 4) is 0 Å². The van der Waals surface area contributed by atoms with Crippen molar-refractivity contribution in [1.82, 2.24) is 9.55 Å². The molecule has 3 N–H and O–H groups in total. The Hall–Kier alpha value is -1.59. The van der Waals surface area contributed by atoms with Gasteiger partial charge in [0, 0.05) is 7.05 Å². The Labute approximate surface area is 93.3 Å². The number of aryl methyl sites for hydroxylation is 1. The molecular formula is C11H15N3O2. The van der Waals surface area contributed by atoms with Gasteiger partial charge >= 0.3 is 0 Å². The van der Waals surface area contributed by atoms with Gasteiger partial charge in [0.05, 0.1) is 30.3 Å². The van der Waals surface area contributed by atoms with Crippen LogP contribution < -0.4 is 5.32 Å². The molecule has 5 heteroatoms.